The quantitative estimate of drug-likeness (QED) is 0.642. The first-order valence-electron chi connectivity index (χ1n) is 9.39. The van der Waals surface area contributed by atoms with E-state index in [1.54, 1.807) is 6.92 Å². The van der Waals surface area contributed by atoms with E-state index in [4.69, 9.17) is 5.73 Å². The van der Waals surface area contributed by atoms with E-state index in [1.165, 1.54) is 5.56 Å². The number of nitrogens with zero attached hydrogens (tertiary/aromatic N) is 1. The van der Waals surface area contributed by atoms with E-state index in [0.29, 0.717) is 6.54 Å². The SMILES string of the molecule is CCN(CC)C(CNC(=O)C(C)(N)c1ccccc1)Cc1ccccc1.Cl.Cl. The van der Waals surface area contributed by atoms with E-state index in [1.807, 2.05) is 36.4 Å². The first-order valence-corrected chi connectivity index (χ1v) is 9.39. The topological polar surface area (TPSA) is 58.4 Å². The predicted molar refractivity (Wildman–Crippen MR) is 122 cm³/mol. The monoisotopic (exact) mass is 425 g/mol. The molecule has 0 fully saturated rings. The van der Waals surface area contributed by atoms with E-state index in [-0.39, 0.29) is 36.8 Å². The van der Waals surface area contributed by atoms with Gasteiger partial charge in [-0.2, -0.15) is 0 Å². The van der Waals surface area contributed by atoms with E-state index in [0.717, 1.165) is 25.1 Å². The summed E-state index contributed by atoms with van der Waals surface area (Å²) >= 11 is 0. The lowest BCUT2D eigenvalue weighted by Gasteiger charge is -2.32. The highest BCUT2D eigenvalue weighted by Gasteiger charge is 2.31. The molecule has 0 heterocycles. The van der Waals surface area contributed by atoms with Gasteiger partial charge in [-0.05, 0) is 37.6 Å². The van der Waals surface area contributed by atoms with Crippen LogP contribution in [0.4, 0.5) is 0 Å². The second-order valence-corrected chi connectivity index (χ2v) is 6.84. The molecule has 0 saturated heterocycles. The molecule has 0 saturated carbocycles. The zero-order valence-corrected chi connectivity index (χ0v) is 18.6. The second kappa shape index (κ2) is 12.8. The molecule has 4 nitrogen and oxygen atoms in total. The number of likely N-dealkylation sites (N-methyl/N-ethyl adjacent to an activating group) is 1. The van der Waals surface area contributed by atoms with Crippen molar-refractivity contribution in [3.8, 4) is 0 Å². The third kappa shape index (κ3) is 7.10. The van der Waals surface area contributed by atoms with Crippen molar-refractivity contribution in [2.24, 2.45) is 5.73 Å². The van der Waals surface area contributed by atoms with Gasteiger partial charge in [-0.3, -0.25) is 9.69 Å². The number of carbonyl (C=O) groups is 1. The van der Waals surface area contributed by atoms with Gasteiger partial charge in [0.1, 0.15) is 5.54 Å². The lowest BCUT2D eigenvalue weighted by Crippen LogP contribution is -2.53. The molecule has 0 aliphatic heterocycles. The van der Waals surface area contributed by atoms with Crippen LogP contribution in [0.1, 0.15) is 31.9 Å². The highest BCUT2D eigenvalue weighted by molar-refractivity contribution is 5.87. The molecule has 0 aliphatic rings. The Morgan fingerprint density at radius 3 is 2.00 bits per heavy atom. The Hall–Kier alpha value is -1.59. The molecule has 0 aliphatic carbocycles. The van der Waals surface area contributed by atoms with Crippen molar-refractivity contribution in [2.75, 3.05) is 19.6 Å². The van der Waals surface area contributed by atoms with Crippen LogP contribution in [-0.4, -0.2) is 36.5 Å². The third-order valence-corrected chi connectivity index (χ3v) is 4.99. The summed E-state index contributed by atoms with van der Waals surface area (Å²) < 4.78 is 0. The smallest absolute Gasteiger partial charge is 0.244 e. The lowest BCUT2D eigenvalue weighted by atomic mass is 9.92. The average molecular weight is 426 g/mol. The average Bonchev–Trinajstić information content (AvgIpc) is 2.68. The molecule has 0 aromatic heterocycles. The van der Waals surface area contributed by atoms with Crippen molar-refractivity contribution >= 4 is 30.7 Å². The maximum atomic E-state index is 12.8. The molecule has 156 valence electrons. The van der Waals surface area contributed by atoms with E-state index in [2.05, 4.69) is 48.3 Å². The van der Waals surface area contributed by atoms with Gasteiger partial charge in [0.2, 0.25) is 5.91 Å². The number of benzene rings is 2. The summed E-state index contributed by atoms with van der Waals surface area (Å²) in [5.74, 6) is -0.145. The molecular weight excluding hydrogens is 393 g/mol. The molecule has 28 heavy (non-hydrogen) atoms. The van der Waals surface area contributed by atoms with Gasteiger partial charge in [-0.25, -0.2) is 0 Å². The van der Waals surface area contributed by atoms with Gasteiger partial charge in [0.15, 0.2) is 0 Å². The third-order valence-electron chi connectivity index (χ3n) is 4.99. The van der Waals surface area contributed by atoms with Gasteiger partial charge in [0, 0.05) is 12.6 Å². The molecule has 2 atom stereocenters. The van der Waals surface area contributed by atoms with Crippen LogP contribution in [0.5, 0.6) is 0 Å². The molecule has 2 rings (SSSR count). The van der Waals surface area contributed by atoms with Crippen LogP contribution < -0.4 is 11.1 Å². The Labute approximate surface area is 181 Å². The highest BCUT2D eigenvalue weighted by atomic mass is 35.5. The van der Waals surface area contributed by atoms with Crippen LogP contribution in [0.15, 0.2) is 60.7 Å². The maximum absolute atomic E-state index is 12.8. The Kier molecular flexibility index (Phi) is 12.1. The van der Waals surface area contributed by atoms with E-state index >= 15 is 0 Å². The maximum Gasteiger partial charge on any atom is 0.244 e. The normalized spacial score (nSPS) is 13.6. The van der Waals surface area contributed by atoms with Crippen molar-refractivity contribution in [1.29, 1.82) is 0 Å². The second-order valence-electron chi connectivity index (χ2n) is 6.84. The summed E-state index contributed by atoms with van der Waals surface area (Å²) in [4.78, 5) is 15.1. The van der Waals surface area contributed by atoms with Gasteiger partial charge in [0.05, 0.1) is 0 Å². The molecule has 2 aromatic carbocycles. The summed E-state index contributed by atoms with van der Waals surface area (Å²) in [6, 6.07) is 20.2. The Morgan fingerprint density at radius 2 is 1.50 bits per heavy atom. The number of nitrogens with one attached hydrogen (secondary N) is 1. The standard InChI is InChI=1S/C22H31N3O.2ClH/c1-4-25(5-2)20(16-18-12-8-6-9-13-18)17-24-21(26)22(3,23)19-14-10-7-11-15-19;;/h6-15,20H,4-5,16-17,23H2,1-3H3,(H,24,26);2*1H. The number of hydrogen-bond acceptors (Lipinski definition) is 3. The predicted octanol–water partition coefficient (Wildman–Crippen LogP) is 3.77. The minimum Gasteiger partial charge on any atom is -0.353 e. The van der Waals surface area contributed by atoms with E-state index < -0.39 is 5.54 Å². The van der Waals surface area contributed by atoms with Crippen LogP contribution in [0.3, 0.4) is 0 Å². The molecule has 0 spiro atoms. The summed E-state index contributed by atoms with van der Waals surface area (Å²) in [7, 11) is 0. The van der Waals surface area contributed by atoms with Crippen molar-refractivity contribution in [3.63, 3.8) is 0 Å². The molecular formula is C22H33Cl2N3O. The van der Waals surface area contributed by atoms with Crippen molar-refractivity contribution in [1.82, 2.24) is 10.2 Å². The first-order chi connectivity index (χ1) is 12.5. The summed E-state index contributed by atoms with van der Waals surface area (Å²) in [6.45, 7) is 8.54. The fraction of sp³-hybridized carbons (Fsp3) is 0.409. The number of halogens is 2. The molecule has 2 aromatic rings. The molecule has 1 amide bonds. The van der Waals surface area contributed by atoms with Gasteiger partial charge in [0.25, 0.3) is 0 Å². The lowest BCUT2D eigenvalue weighted by molar-refractivity contribution is -0.126. The van der Waals surface area contributed by atoms with Crippen LogP contribution in [0, 0.1) is 0 Å². The fourth-order valence-corrected chi connectivity index (χ4v) is 3.27. The summed E-state index contributed by atoms with van der Waals surface area (Å²) in [5, 5.41) is 3.09. The molecule has 0 radical (unpaired) electrons. The van der Waals surface area contributed by atoms with Crippen LogP contribution >= 0.6 is 24.8 Å². The van der Waals surface area contributed by atoms with E-state index in [9.17, 15) is 4.79 Å². The van der Waals surface area contributed by atoms with Gasteiger partial charge < -0.3 is 11.1 Å². The summed E-state index contributed by atoms with van der Waals surface area (Å²) in [6.07, 6.45) is 0.898. The Balaban J connectivity index is 0.00000364. The number of hydrogen-bond donors (Lipinski definition) is 2. The number of carbonyl (C=O) groups excluding carboxylic acids is 1. The van der Waals surface area contributed by atoms with Gasteiger partial charge >= 0.3 is 0 Å². The number of rotatable bonds is 9. The minimum absolute atomic E-state index is 0. The first kappa shape index (κ1) is 26.4. The van der Waals surface area contributed by atoms with Crippen molar-refractivity contribution in [2.45, 2.75) is 38.8 Å². The Morgan fingerprint density at radius 1 is 1.00 bits per heavy atom. The van der Waals surface area contributed by atoms with Crippen molar-refractivity contribution < 1.29 is 4.79 Å². The fourth-order valence-electron chi connectivity index (χ4n) is 3.27. The van der Waals surface area contributed by atoms with Crippen LogP contribution in [0.25, 0.3) is 0 Å². The molecule has 6 heteroatoms. The van der Waals surface area contributed by atoms with Crippen LogP contribution in [-0.2, 0) is 16.8 Å². The van der Waals surface area contributed by atoms with Gasteiger partial charge in [-0.15, -0.1) is 24.8 Å². The van der Waals surface area contributed by atoms with Crippen LogP contribution in [0.2, 0.25) is 0 Å². The zero-order chi connectivity index (χ0) is 19.0. The van der Waals surface area contributed by atoms with Crippen molar-refractivity contribution in [3.05, 3.63) is 71.8 Å². The number of nitrogens with two attached hydrogens (primary N) is 1. The zero-order valence-electron chi connectivity index (χ0n) is 16.9. The molecule has 0 bridgehead atoms. The Bertz CT molecular complexity index is 677. The highest BCUT2D eigenvalue weighted by Crippen LogP contribution is 2.17. The number of amides is 1. The largest absolute Gasteiger partial charge is 0.353 e. The summed E-state index contributed by atoms with van der Waals surface area (Å²) in [5.41, 5.74) is 7.39. The van der Waals surface area contributed by atoms with Gasteiger partial charge in [-0.1, -0.05) is 74.5 Å². The minimum atomic E-state index is -1.04. The molecule has 3 N–H and O–H groups in total. The molecule has 2 unspecified atom stereocenters.